The summed E-state index contributed by atoms with van der Waals surface area (Å²) >= 11 is 0. The minimum absolute atomic E-state index is 0.141. The maximum Gasteiger partial charge on any atom is 0.251 e. The minimum atomic E-state index is -0.141. The molecule has 0 bridgehead atoms. The highest BCUT2D eigenvalue weighted by Gasteiger charge is 2.12. The lowest BCUT2D eigenvalue weighted by molar-refractivity contribution is 0.0951. The first kappa shape index (κ1) is 16.8. The number of nitrogens with one attached hydrogen (secondary N) is 1. The second-order valence-corrected chi connectivity index (χ2v) is 5.74. The van der Waals surface area contributed by atoms with Gasteiger partial charge in [0.2, 0.25) is 0 Å². The number of carbonyl (C=O) groups is 1. The van der Waals surface area contributed by atoms with Gasteiger partial charge in [0.15, 0.2) is 0 Å². The molecule has 0 saturated heterocycles. The molecule has 0 atom stereocenters. The van der Waals surface area contributed by atoms with Gasteiger partial charge in [-0.1, -0.05) is 0 Å². The van der Waals surface area contributed by atoms with Crippen molar-refractivity contribution >= 4 is 5.91 Å². The third-order valence-corrected chi connectivity index (χ3v) is 3.90. The average Bonchev–Trinajstić information content (AvgIpc) is 3.24. The number of rotatable bonds is 6. The van der Waals surface area contributed by atoms with E-state index in [2.05, 4.69) is 15.5 Å². The fraction of sp³-hybridized carbons (Fsp3) is 0.278. The Balaban J connectivity index is 1.70. The van der Waals surface area contributed by atoms with Crippen molar-refractivity contribution in [3.05, 3.63) is 59.7 Å². The van der Waals surface area contributed by atoms with E-state index in [0.717, 1.165) is 17.1 Å². The molecule has 0 radical (unpaired) electrons. The topological polar surface area (TPSA) is 74.0 Å². The second kappa shape index (κ2) is 7.21. The standard InChI is InChI=1S/C18H21N5O2/c1-13-11-14(2)22(21-13)10-8-19-18(24)15-5-6-17(25-3)16(12-15)23-9-4-7-20-23/h4-7,9,11-12H,8,10H2,1-3H3,(H,19,24). The number of hydrogen-bond donors (Lipinski definition) is 1. The summed E-state index contributed by atoms with van der Waals surface area (Å²) in [6, 6.07) is 9.12. The van der Waals surface area contributed by atoms with Crippen molar-refractivity contribution in [3.63, 3.8) is 0 Å². The molecular formula is C18H21N5O2. The van der Waals surface area contributed by atoms with Crippen molar-refractivity contribution in [2.24, 2.45) is 0 Å². The molecule has 0 spiro atoms. The van der Waals surface area contributed by atoms with Crippen LogP contribution >= 0.6 is 0 Å². The Morgan fingerprint density at radius 1 is 1.28 bits per heavy atom. The van der Waals surface area contributed by atoms with E-state index in [1.54, 1.807) is 36.2 Å². The molecule has 0 fully saturated rings. The Bertz CT molecular complexity index is 868. The minimum Gasteiger partial charge on any atom is -0.494 e. The summed E-state index contributed by atoms with van der Waals surface area (Å²) < 4.78 is 8.91. The van der Waals surface area contributed by atoms with Crippen LogP contribution in [0.2, 0.25) is 0 Å². The normalized spacial score (nSPS) is 10.7. The number of nitrogens with zero attached hydrogens (tertiary/aromatic N) is 4. The van der Waals surface area contributed by atoms with Gasteiger partial charge >= 0.3 is 0 Å². The number of hydrogen-bond acceptors (Lipinski definition) is 4. The lowest BCUT2D eigenvalue weighted by Crippen LogP contribution is -2.28. The van der Waals surface area contributed by atoms with E-state index < -0.39 is 0 Å². The van der Waals surface area contributed by atoms with E-state index in [9.17, 15) is 4.79 Å². The smallest absolute Gasteiger partial charge is 0.251 e. The van der Waals surface area contributed by atoms with Crippen molar-refractivity contribution in [1.29, 1.82) is 0 Å². The molecule has 7 nitrogen and oxygen atoms in total. The van der Waals surface area contributed by atoms with Crippen molar-refractivity contribution in [3.8, 4) is 11.4 Å². The fourth-order valence-corrected chi connectivity index (χ4v) is 2.70. The summed E-state index contributed by atoms with van der Waals surface area (Å²) in [5.41, 5.74) is 3.33. The van der Waals surface area contributed by atoms with Crippen LogP contribution in [0.3, 0.4) is 0 Å². The van der Waals surface area contributed by atoms with Gasteiger partial charge in [0.1, 0.15) is 11.4 Å². The highest BCUT2D eigenvalue weighted by Crippen LogP contribution is 2.23. The number of benzene rings is 1. The lowest BCUT2D eigenvalue weighted by Gasteiger charge is -2.11. The van der Waals surface area contributed by atoms with Crippen LogP contribution in [0, 0.1) is 13.8 Å². The first-order chi connectivity index (χ1) is 12.1. The van der Waals surface area contributed by atoms with Gasteiger partial charge in [-0.25, -0.2) is 4.68 Å². The highest BCUT2D eigenvalue weighted by molar-refractivity contribution is 5.95. The first-order valence-electron chi connectivity index (χ1n) is 8.06. The Kier molecular flexibility index (Phi) is 4.83. The maximum atomic E-state index is 12.4. The Morgan fingerprint density at radius 2 is 2.12 bits per heavy atom. The summed E-state index contributed by atoms with van der Waals surface area (Å²) in [6.45, 7) is 5.09. The number of ether oxygens (including phenoxy) is 1. The molecule has 1 N–H and O–H groups in total. The summed E-state index contributed by atoms with van der Waals surface area (Å²) in [4.78, 5) is 12.4. The van der Waals surface area contributed by atoms with Crippen LogP contribution in [-0.2, 0) is 6.54 Å². The summed E-state index contributed by atoms with van der Waals surface area (Å²) in [6.07, 6.45) is 3.49. The quantitative estimate of drug-likeness (QED) is 0.746. The molecular weight excluding hydrogens is 318 g/mol. The average molecular weight is 339 g/mol. The van der Waals surface area contributed by atoms with Gasteiger partial charge in [0, 0.05) is 30.2 Å². The molecule has 0 aliphatic rings. The van der Waals surface area contributed by atoms with Gasteiger partial charge < -0.3 is 10.1 Å². The molecule has 3 aromatic rings. The number of amides is 1. The van der Waals surface area contributed by atoms with E-state index in [0.29, 0.717) is 24.4 Å². The molecule has 0 aliphatic heterocycles. The number of methoxy groups -OCH3 is 1. The molecule has 25 heavy (non-hydrogen) atoms. The number of carbonyl (C=O) groups excluding carboxylic acids is 1. The SMILES string of the molecule is COc1ccc(C(=O)NCCn2nc(C)cc2C)cc1-n1cccn1. The molecule has 0 aliphatic carbocycles. The van der Waals surface area contributed by atoms with Gasteiger partial charge in [-0.3, -0.25) is 9.48 Å². The zero-order valence-electron chi connectivity index (χ0n) is 14.6. The van der Waals surface area contributed by atoms with Crippen LogP contribution in [0.1, 0.15) is 21.7 Å². The van der Waals surface area contributed by atoms with E-state index in [-0.39, 0.29) is 5.91 Å². The van der Waals surface area contributed by atoms with Gasteiger partial charge in [-0.05, 0) is 44.2 Å². The van der Waals surface area contributed by atoms with Gasteiger partial charge in [0.25, 0.3) is 5.91 Å². The fourth-order valence-electron chi connectivity index (χ4n) is 2.70. The Hall–Kier alpha value is -3.09. The molecule has 7 heteroatoms. The zero-order chi connectivity index (χ0) is 17.8. The highest BCUT2D eigenvalue weighted by atomic mass is 16.5. The third-order valence-electron chi connectivity index (χ3n) is 3.90. The molecule has 130 valence electrons. The Labute approximate surface area is 146 Å². The summed E-state index contributed by atoms with van der Waals surface area (Å²) in [5.74, 6) is 0.514. The molecule has 2 aromatic heterocycles. The van der Waals surface area contributed by atoms with Gasteiger partial charge in [0.05, 0.1) is 19.3 Å². The maximum absolute atomic E-state index is 12.4. The van der Waals surface area contributed by atoms with Crippen LogP contribution in [0.15, 0.2) is 42.7 Å². The van der Waals surface area contributed by atoms with E-state index in [4.69, 9.17) is 4.74 Å². The monoisotopic (exact) mass is 339 g/mol. The number of aryl methyl sites for hydroxylation is 2. The molecule has 1 amide bonds. The Morgan fingerprint density at radius 3 is 2.76 bits per heavy atom. The molecule has 3 rings (SSSR count). The van der Waals surface area contributed by atoms with E-state index >= 15 is 0 Å². The molecule has 0 saturated carbocycles. The van der Waals surface area contributed by atoms with Crippen LogP contribution < -0.4 is 10.1 Å². The van der Waals surface area contributed by atoms with Crippen molar-refractivity contribution in [1.82, 2.24) is 24.9 Å². The van der Waals surface area contributed by atoms with Crippen molar-refractivity contribution in [2.75, 3.05) is 13.7 Å². The molecule has 2 heterocycles. The van der Waals surface area contributed by atoms with Crippen LogP contribution in [-0.4, -0.2) is 39.1 Å². The third kappa shape index (κ3) is 3.71. The largest absolute Gasteiger partial charge is 0.494 e. The lowest BCUT2D eigenvalue weighted by atomic mass is 10.1. The predicted octanol–water partition coefficient (Wildman–Crippen LogP) is 2.12. The summed E-state index contributed by atoms with van der Waals surface area (Å²) in [5, 5.41) is 11.5. The first-order valence-corrected chi connectivity index (χ1v) is 8.06. The predicted molar refractivity (Wildman–Crippen MR) is 94.2 cm³/mol. The van der Waals surface area contributed by atoms with Crippen molar-refractivity contribution in [2.45, 2.75) is 20.4 Å². The zero-order valence-corrected chi connectivity index (χ0v) is 14.6. The van der Waals surface area contributed by atoms with E-state index in [1.165, 1.54) is 0 Å². The molecule has 0 unspecified atom stereocenters. The van der Waals surface area contributed by atoms with Gasteiger partial charge in [-0.15, -0.1) is 0 Å². The van der Waals surface area contributed by atoms with Crippen molar-refractivity contribution < 1.29 is 9.53 Å². The van der Waals surface area contributed by atoms with E-state index in [1.807, 2.05) is 36.9 Å². The summed E-state index contributed by atoms with van der Waals surface area (Å²) in [7, 11) is 1.59. The van der Waals surface area contributed by atoms with Crippen LogP contribution in [0.4, 0.5) is 0 Å². The second-order valence-electron chi connectivity index (χ2n) is 5.74. The molecule has 1 aromatic carbocycles. The van der Waals surface area contributed by atoms with Gasteiger partial charge in [-0.2, -0.15) is 10.2 Å². The van der Waals surface area contributed by atoms with Crippen LogP contribution in [0.5, 0.6) is 5.75 Å². The van der Waals surface area contributed by atoms with Crippen LogP contribution in [0.25, 0.3) is 5.69 Å². The number of aromatic nitrogens is 4.